The van der Waals surface area contributed by atoms with Gasteiger partial charge in [-0.15, -0.1) is 0 Å². The van der Waals surface area contributed by atoms with Crippen LogP contribution < -0.4 is 21.3 Å². The predicted molar refractivity (Wildman–Crippen MR) is 156 cm³/mol. The minimum Gasteiger partial charge on any atom is -0.395 e. The minimum absolute atomic E-state index is 0.0496. The van der Waals surface area contributed by atoms with Gasteiger partial charge in [0, 0.05) is 49.6 Å². The van der Waals surface area contributed by atoms with E-state index >= 15 is 0 Å². The third kappa shape index (κ3) is 7.57. The van der Waals surface area contributed by atoms with E-state index in [2.05, 4.69) is 47.1 Å². The first-order valence-electron chi connectivity index (χ1n) is 16.0. The number of nitrogens with zero attached hydrogens (tertiary/aromatic N) is 1. The molecule has 9 atom stereocenters. The fraction of sp³-hybridized carbons (Fsp3) is 0.903. The molecule has 2 aliphatic heterocycles. The summed E-state index contributed by atoms with van der Waals surface area (Å²) in [7, 11) is 2.25. The lowest BCUT2D eigenvalue weighted by Gasteiger charge is -2.49. The Morgan fingerprint density at radius 1 is 1.00 bits per heavy atom. The van der Waals surface area contributed by atoms with Crippen LogP contribution in [0.25, 0.3) is 0 Å². The third-order valence-corrected chi connectivity index (χ3v) is 11.0. The van der Waals surface area contributed by atoms with Gasteiger partial charge in [0.2, 0.25) is 17.7 Å². The summed E-state index contributed by atoms with van der Waals surface area (Å²) < 4.78 is 0. The largest absolute Gasteiger partial charge is 0.395 e. The number of aliphatic hydroxyl groups is 1. The maximum atomic E-state index is 13.8. The first-order valence-corrected chi connectivity index (χ1v) is 16.0. The maximum absolute atomic E-state index is 13.8. The Morgan fingerprint density at radius 2 is 1.73 bits per heavy atom. The second-order valence-corrected chi connectivity index (χ2v) is 13.7. The van der Waals surface area contributed by atoms with Crippen molar-refractivity contribution in [2.75, 3.05) is 26.7 Å². The van der Waals surface area contributed by atoms with Crippen molar-refractivity contribution in [3.63, 3.8) is 0 Å². The van der Waals surface area contributed by atoms with Gasteiger partial charge in [0.15, 0.2) is 0 Å². The first kappa shape index (κ1) is 31.2. The zero-order chi connectivity index (χ0) is 29.0. The Morgan fingerprint density at radius 3 is 2.33 bits per heavy atom. The summed E-state index contributed by atoms with van der Waals surface area (Å²) in [4.78, 5) is 40.6. The first-order chi connectivity index (χ1) is 19.1. The van der Waals surface area contributed by atoms with E-state index in [1.165, 1.54) is 0 Å². The van der Waals surface area contributed by atoms with Crippen LogP contribution in [0, 0.1) is 35.5 Å². The Balaban J connectivity index is 1.44. The highest BCUT2D eigenvalue weighted by Gasteiger charge is 2.45. The molecule has 9 heteroatoms. The van der Waals surface area contributed by atoms with E-state index in [-0.39, 0.29) is 66.1 Å². The van der Waals surface area contributed by atoms with E-state index in [4.69, 9.17) is 0 Å². The minimum atomic E-state index is -0.176. The summed E-state index contributed by atoms with van der Waals surface area (Å²) in [5.41, 5.74) is 0. The lowest BCUT2D eigenvalue weighted by Crippen LogP contribution is -2.56. The van der Waals surface area contributed by atoms with Crippen LogP contribution in [0.1, 0.15) is 85.5 Å². The summed E-state index contributed by atoms with van der Waals surface area (Å²) in [6.45, 7) is 9.49. The van der Waals surface area contributed by atoms with Crippen LogP contribution >= 0.6 is 0 Å². The van der Waals surface area contributed by atoms with Crippen molar-refractivity contribution < 1.29 is 19.5 Å². The van der Waals surface area contributed by atoms with Gasteiger partial charge < -0.3 is 31.3 Å². The van der Waals surface area contributed by atoms with Gasteiger partial charge in [-0.1, -0.05) is 13.8 Å². The van der Waals surface area contributed by atoms with E-state index < -0.39 is 0 Å². The molecule has 40 heavy (non-hydrogen) atoms. The van der Waals surface area contributed by atoms with Crippen LogP contribution in [0.4, 0.5) is 0 Å². The molecule has 4 aliphatic rings. The number of hydrogen-bond acceptors (Lipinski definition) is 6. The highest BCUT2D eigenvalue weighted by molar-refractivity contribution is 5.83. The van der Waals surface area contributed by atoms with Crippen molar-refractivity contribution in [1.82, 2.24) is 26.2 Å². The molecule has 2 saturated heterocycles. The molecule has 0 aromatic rings. The van der Waals surface area contributed by atoms with Gasteiger partial charge in [0.1, 0.15) is 0 Å². The molecule has 0 aromatic heterocycles. The summed E-state index contributed by atoms with van der Waals surface area (Å²) in [6.07, 6.45) is 9.08. The van der Waals surface area contributed by atoms with E-state index in [0.29, 0.717) is 30.5 Å². The van der Waals surface area contributed by atoms with Crippen molar-refractivity contribution in [3.8, 4) is 0 Å². The van der Waals surface area contributed by atoms with Crippen LogP contribution in [0.15, 0.2) is 0 Å². The molecule has 5 N–H and O–H groups in total. The number of carbonyl (C=O) groups is 3. The molecule has 3 amide bonds. The number of nitrogens with one attached hydrogen (secondary N) is 4. The molecule has 9 nitrogen and oxygen atoms in total. The molecule has 0 radical (unpaired) electrons. The van der Waals surface area contributed by atoms with Crippen molar-refractivity contribution >= 4 is 17.7 Å². The number of aliphatic hydroxyl groups excluding tert-OH is 1. The monoisotopic (exact) mass is 561 g/mol. The molecule has 0 bridgehead atoms. The summed E-state index contributed by atoms with van der Waals surface area (Å²) >= 11 is 0. The number of amides is 3. The van der Waals surface area contributed by atoms with Crippen molar-refractivity contribution in [2.24, 2.45) is 35.5 Å². The quantitative estimate of drug-likeness (QED) is 0.309. The van der Waals surface area contributed by atoms with Gasteiger partial charge in [0.25, 0.3) is 0 Å². The van der Waals surface area contributed by atoms with E-state index in [1.54, 1.807) is 6.92 Å². The number of hydrogen-bond donors (Lipinski definition) is 5. The van der Waals surface area contributed by atoms with Crippen LogP contribution in [-0.4, -0.2) is 84.7 Å². The van der Waals surface area contributed by atoms with E-state index in [9.17, 15) is 19.5 Å². The van der Waals surface area contributed by atoms with Gasteiger partial charge in [-0.2, -0.15) is 0 Å². The molecule has 2 aliphatic carbocycles. The lowest BCUT2D eigenvalue weighted by molar-refractivity contribution is -0.133. The summed E-state index contributed by atoms with van der Waals surface area (Å²) in [5.74, 6) is 1.36. The SMILES string of the molecule is CC(=O)NC1CCC(N(C)C2CC(C3CCC(CO)NC3)CC(C(=O)NCC3C(=O)NC(C)CC3C)C2C)CC1. The normalized spacial score (nSPS) is 40.8. The standard InChI is InChI=1S/C31H55N5O4/c1-18-12-19(2)34-31(40)28(18)16-33-30(39)27-13-23(22-6-7-25(17-37)32-15-22)14-29(20(27)3)36(5)26-10-8-24(9-11-26)35-21(4)38/h18-20,22-29,32,37H,6-17H2,1-5H3,(H,33,39)(H,34,40)(H,35,38). The van der Waals surface area contributed by atoms with Crippen LogP contribution in [0.2, 0.25) is 0 Å². The smallest absolute Gasteiger partial charge is 0.225 e. The van der Waals surface area contributed by atoms with Gasteiger partial charge in [0.05, 0.1) is 12.5 Å². The third-order valence-electron chi connectivity index (χ3n) is 11.0. The molecular weight excluding hydrogens is 506 g/mol. The Hall–Kier alpha value is -1.71. The molecule has 0 spiro atoms. The fourth-order valence-corrected chi connectivity index (χ4v) is 8.40. The summed E-state index contributed by atoms with van der Waals surface area (Å²) in [5, 5.41) is 22.5. The predicted octanol–water partition coefficient (Wildman–Crippen LogP) is 2.03. The summed E-state index contributed by atoms with van der Waals surface area (Å²) in [6, 6.07) is 1.41. The fourth-order valence-electron chi connectivity index (χ4n) is 8.40. The number of carbonyl (C=O) groups excluding carboxylic acids is 3. The zero-order valence-corrected chi connectivity index (χ0v) is 25.5. The van der Waals surface area contributed by atoms with Gasteiger partial charge >= 0.3 is 0 Å². The second kappa shape index (κ2) is 14.0. The van der Waals surface area contributed by atoms with E-state index in [0.717, 1.165) is 64.3 Å². The lowest BCUT2D eigenvalue weighted by atomic mass is 9.65. The number of piperidine rings is 2. The second-order valence-electron chi connectivity index (χ2n) is 13.7. The van der Waals surface area contributed by atoms with Crippen LogP contribution in [-0.2, 0) is 14.4 Å². The maximum Gasteiger partial charge on any atom is 0.225 e. The average Bonchev–Trinajstić information content (AvgIpc) is 2.92. The molecule has 228 valence electrons. The van der Waals surface area contributed by atoms with Gasteiger partial charge in [-0.05, 0) is 102 Å². The Labute approximate surface area is 241 Å². The van der Waals surface area contributed by atoms with E-state index in [1.807, 2.05) is 6.92 Å². The molecule has 2 saturated carbocycles. The average molecular weight is 562 g/mol. The van der Waals surface area contributed by atoms with Crippen molar-refractivity contribution in [3.05, 3.63) is 0 Å². The van der Waals surface area contributed by atoms with Gasteiger partial charge in [-0.25, -0.2) is 0 Å². The zero-order valence-electron chi connectivity index (χ0n) is 25.5. The highest BCUT2D eigenvalue weighted by atomic mass is 16.3. The molecule has 0 aromatic carbocycles. The molecule has 4 fully saturated rings. The Kier molecular flexibility index (Phi) is 10.9. The highest BCUT2D eigenvalue weighted by Crippen LogP contribution is 2.43. The molecule has 9 unspecified atom stereocenters. The van der Waals surface area contributed by atoms with Crippen molar-refractivity contribution in [2.45, 2.75) is 116 Å². The molecule has 2 heterocycles. The van der Waals surface area contributed by atoms with Crippen LogP contribution in [0.3, 0.4) is 0 Å². The van der Waals surface area contributed by atoms with Crippen LogP contribution in [0.5, 0.6) is 0 Å². The van der Waals surface area contributed by atoms with Crippen molar-refractivity contribution in [1.29, 1.82) is 0 Å². The topological polar surface area (TPSA) is 123 Å². The molecular formula is C31H55N5O4. The number of rotatable bonds is 8. The molecule has 4 rings (SSSR count). The van der Waals surface area contributed by atoms with Gasteiger partial charge in [-0.3, -0.25) is 14.4 Å². The Bertz CT molecular complexity index is 870.